The van der Waals surface area contributed by atoms with Crippen molar-refractivity contribution in [2.24, 2.45) is 5.10 Å². The molecule has 0 radical (unpaired) electrons. The molecule has 0 bridgehead atoms. The summed E-state index contributed by atoms with van der Waals surface area (Å²) in [5, 5.41) is 4.03. The number of amides is 1. The lowest BCUT2D eigenvalue weighted by Crippen LogP contribution is -2.19. The van der Waals surface area contributed by atoms with E-state index in [9.17, 15) is 4.79 Å². The van der Waals surface area contributed by atoms with Crippen LogP contribution < -0.4 is 19.6 Å². The molecule has 0 spiro atoms. The van der Waals surface area contributed by atoms with E-state index < -0.39 is 0 Å². The van der Waals surface area contributed by atoms with E-state index in [4.69, 9.17) is 14.2 Å². The van der Waals surface area contributed by atoms with E-state index in [1.54, 1.807) is 20.4 Å². The molecule has 0 aliphatic rings. The van der Waals surface area contributed by atoms with Gasteiger partial charge in [-0.25, -0.2) is 5.43 Å². The normalized spacial score (nSPS) is 10.7. The van der Waals surface area contributed by atoms with Crippen LogP contribution in [0.5, 0.6) is 17.2 Å². The number of benzene rings is 3. The van der Waals surface area contributed by atoms with Gasteiger partial charge in [-0.1, -0.05) is 42.0 Å². The molecule has 0 saturated carbocycles. The summed E-state index contributed by atoms with van der Waals surface area (Å²) in [6.07, 6.45) is 1.80. The van der Waals surface area contributed by atoms with E-state index >= 15 is 0 Å². The monoisotopic (exact) mass is 418 g/mol. The van der Waals surface area contributed by atoms with Gasteiger partial charge in [-0.2, -0.15) is 5.10 Å². The maximum Gasteiger partial charge on any atom is 0.244 e. The number of rotatable bonds is 9. The molecule has 0 heterocycles. The Bertz CT molecular complexity index is 1030. The van der Waals surface area contributed by atoms with Crippen molar-refractivity contribution in [2.75, 3.05) is 14.2 Å². The zero-order valence-electron chi connectivity index (χ0n) is 17.9. The summed E-state index contributed by atoms with van der Waals surface area (Å²) >= 11 is 0. The molecule has 3 rings (SSSR count). The van der Waals surface area contributed by atoms with Crippen molar-refractivity contribution >= 4 is 12.1 Å². The zero-order valence-corrected chi connectivity index (χ0v) is 17.9. The minimum absolute atomic E-state index is 0.202. The molecular weight excluding hydrogens is 392 g/mol. The molecule has 0 atom stereocenters. The molecule has 0 aliphatic heterocycles. The first-order valence-electron chi connectivity index (χ1n) is 9.88. The van der Waals surface area contributed by atoms with Gasteiger partial charge in [0, 0.05) is 0 Å². The summed E-state index contributed by atoms with van der Waals surface area (Å²) < 4.78 is 16.4. The minimum atomic E-state index is -0.202. The van der Waals surface area contributed by atoms with Crippen molar-refractivity contribution in [2.45, 2.75) is 20.0 Å². The molecule has 3 aromatic carbocycles. The number of carbonyl (C=O) groups is 1. The van der Waals surface area contributed by atoms with E-state index in [0.29, 0.717) is 18.1 Å². The Morgan fingerprint density at radius 1 is 0.903 bits per heavy atom. The van der Waals surface area contributed by atoms with Crippen LogP contribution in [0.15, 0.2) is 71.8 Å². The first-order chi connectivity index (χ1) is 15.1. The number of carbonyl (C=O) groups excluding carboxylic acids is 1. The summed E-state index contributed by atoms with van der Waals surface area (Å²) in [6.45, 7) is 2.50. The maximum atomic E-state index is 12.1. The van der Waals surface area contributed by atoms with Gasteiger partial charge in [-0.05, 0) is 53.9 Å². The molecule has 0 aliphatic carbocycles. The highest BCUT2D eigenvalue weighted by Gasteiger charge is 2.06. The van der Waals surface area contributed by atoms with Crippen molar-refractivity contribution in [1.29, 1.82) is 0 Å². The Morgan fingerprint density at radius 2 is 1.61 bits per heavy atom. The Morgan fingerprint density at radius 3 is 2.29 bits per heavy atom. The van der Waals surface area contributed by atoms with Gasteiger partial charge in [0.15, 0.2) is 11.5 Å². The molecule has 0 fully saturated rings. The highest BCUT2D eigenvalue weighted by atomic mass is 16.5. The van der Waals surface area contributed by atoms with Gasteiger partial charge < -0.3 is 14.2 Å². The third kappa shape index (κ3) is 6.60. The molecular formula is C25H26N2O4. The molecule has 160 valence electrons. The fourth-order valence-electron chi connectivity index (χ4n) is 2.88. The van der Waals surface area contributed by atoms with Crippen LogP contribution >= 0.6 is 0 Å². The number of hydrazone groups is 1. The van der Waals surface area contributed by atoms with Gasteiger partial charge in [0.1, 0.15) is 12.4 Å². The van der Waals surface area contributed by atoms with E-state index in [1.807, 2.05) is 54.6 Å². The number of hydrogen-bond donors (Lipinski definition) is 1. The van der Waals surface area contributed by atoms with Crippen LogP contribution in [0, 0.1) is 6.92 Å². The van der Waals surface area contributed by atoms with Crippen molar-refractivity contribution in [3.05, 3.63) is 89.0 Å². The third-order valence-corrected chi connectivity index (χ3v) is 4.63. The number of methoxy groups -OCH3 is 2. The number of ether oxygens (including phenoxy) is 3. The van der Waals surface area contributed by atoms with Crippen LogP contribution in [0.4, 0.5) is 0 Å². The number of nitrogens with zero attached hydrogens (tertiary/aromatic N) is 1. The van der Waals surface area contributed by atoms with Crippen molar-refractivity contribution in [1.82, 2.24) is 5.43 Å². The van der Waals surface area contributed by atoms with E-state index in [0.717, 1.165) is 22.4 Å². The van der Waals surface area contributed by atoms with E-state index in [-0.39, 0.29) is 12.3 Å². The summed E-state index contributed by atoms with van der Waals surface area (Å²) in [4.78, 5) is 12.1. The fraction of sp³-hybridized carbons (Fsp3) is 0.200. The summed E-state index contributed by atoms with van der Waals surface area (Å²) in [6, 6.07) is 21.0. The van der Waals surface area contributed by atoms with Crippen LogP contribution in [0.3, 0.4) is 0 Å². The summed E-state index contributed by atoms with van der Waals surface area (Å²) in [5.74, 6) is 1.79. The van der Waals surface area contributed by atoms with Crippen LogP contribution in [0.1, 0.15) is 22.3 Å². The van der Waals surface area contributed by atoms with Crippen molar-refractivity contribution < 1.29 is 19.0 Å². The second kappa shape index (κ2) is 10.8. The molecule has 6 nitrogen and oxygen atoms in total. The second-order valence-corrected chi connectivity index (χ2v) is 7.00. The number of nitrogens with one attached hydrogen (secondary N) is 1. The lowest BCUT2D eigenvalue weighted by atomic mass is 10.1. The molecule has 1 N–H and O–H groups in total. The second-order valence-electron chi connectivity index (χ2n) is 7.00. The van der Waals surface area contributed by atoms with Crippen LogP contribution in [0.25, 0.3) is 0 Å². The van der Waals surface area contributed by atoms with Gasteiger partial charge in [0.2, 0.25) is 5.91 Å². The standard InChI is InChI=1S/C25H26N2O4/c1-18-4-6-20(7-5-18)17-31-23-13-10-21(14-24(23)30-3)16-26-27-25(28)15-19-8-11-22(29-2)12-9-19/h4-14,16H,15,17H2,1-3H3,(H,27,28)/b26-16-. The Labute approximate surface area is 182 Å². The molecule has 0 unspecified atom stereocenters. The smallest absolute Gasteiger partial charge is 0.244 e. The molecule has 3 aromatic rings. The zero-order chi connectivity index (χ0) is 22.1. The molecule has 0 aromatic heterocycles. The van der Waals surface area contributed by atoms with Gasteiger partial charge in [0.05, 0.1) is 26.9 Å². The lowest BCUT2D eigenvalue weighted by Gasteiger charge is -2.11. The van der Waals surface area contributed by atoms with Gasteiger partial charge >= 0.3 is 0 Å². The summed E-state index contributed by atoms with van der Waals surface area (Å²) in [5.41, 5.74) is 6.49. The minimum Gasteiger partial charge on any atom is -0.497 e. The quantitative estimate of drug-likeness (QED) is 0.416. The van der Waals surface area contributed by atoms with Gasteiger partial charge in [-0.3, -0.25) is 4.79 Å². The predicted octanol–water partition coefficient (Wildman–Crippen LogP) is 4.28. The SMILES string of the molecule is COc1ccc(CC(=O)N/N=C\c2ccc(OCc3ccc(C)cc3)c(OC)c2)cc1. The van der Waals surface area contributed by atoms with Crippen LogP contribution in [0.2, 0.25) is 0 Å². The van der Waals surface area contributed by atoms with Crippen LogP contribution in [-0.4, -0.2) is 26.3 Å². The topological polar surface area (TPSA) is 69.2 Å². The molecule has 1 amide bonds. The highest BCUT2D eigenvalue weighted by Crippen LogP contribution is 2.28. The number of aryl methyl sites for hydroxylation is 1. The predicted molar refractivity (Wildman–Crippen MR) is 121 cm³/mol. The first-order valence-corrected chi connectivity index (χ1v) is 9.88. The van der Waals surface area contributed by atoms with Crippen molar-refractivity contribution in [3.8, 4) is 17.2 Å². The Hall–Kier alpha value is -3.80. The third-order valence-electron chi connectivity index (χ3n) is 4.63. The van der Waals surface area contributed by atoms with Crippen LogP contribution in [-0.2, 0) is 17.8 Å². The summed E-state index contributed by atoms with van der Waals surface area (Å²) in [7, 11) is 3.19. The Kier molecular flexibility index (Phi) is 7.65. The average Bonchev–Trinajstić information content (AvgIpc) is 2.79. The fourth-order valence-corrected chi connectivity index (χ4v) is 2.88. The highest BCUT2D eigenvalue weighted by molar-refractivity contribution is 5.84. The van der Waals surface area contributed by atoms with Crippen molar-refractivity contribution in [3.63, 3.8) is 0 Å². The average molecular weight is 418 g/mol. The van der Waals surface area contributed by atoms with E-state index in [2.05, 4.69) is 29.6 Å². The molecule has 6 heteroatoms. The Balaban J connectivity index is 1.55. The molecule has 31 heavy (non-hydrogen) atoms. The molecule has 0 saturated heterocycles. The maximum absolute atomic E-state index is 12.1. The van der Waals surface area contributed by atoms with Gasteiger partial charge in [0.25, 0.3) is 0 Å². The van der Waals surface area contributed by atoms with E-state index in [1.165, 1.54) is 5.56 Å². The van der Waals surface area contributed by atoms with Gasteiger partial charge in [-0.15, -0.1) is 0 Å². The first kappa shape index (κ1) is 21.9. The number of hydrogen-bond acceptors (Lipinski definition) is 5. The lowest BCUT2D eigenvalue weighted by molar-refractivity contribution is -0.120. The largest absolute Gasteiger partial charge is 0.497 e.